The van der Waals surface area contributed by atoms with Gasteiger partial charge in [-0.1, -0.05) is 0 Å². The van der Waals surface area contributed by atoms with Gasteiger partial charge in [0.2, 0.25) is 5.88 Å². The lowest BCUT2D eigenvalue weighted by atomic mass is 10.1. The van der Waals surface area contributed by atoms with Crippen LogP contribution in [0, 0.1) is 34.1 Å². The molecule has 2 heterocycles. The summed E-state index contributed by atoms with van der Waals surface area (Å²) in [4.78, 5) is 37.2. The zero-order chi connectivity index (χ0) is 25.1. The molecule has 0 bridgehead atoms. The smallest absolute Gasteiger partial charge is 0.277 e. The molecule has 35 heavy (non-hydrogen) atoms. The Morgan fingerprint density at radius 1 is 0.943 bits per heavy atom. The average Bonchev–Trinajstić information content (AvgIpc) is 3.18. The largest absolute Gasteiger partial charge is 0.438 e. The number of rotatable bonds is 7. The zero-order valence-electron chi connectivity index (χ0n) is 18.4. The van der Waals surface area contributed by atoms with Crippen molar-refractivity contribution in [1.29, 1.82) is 0 Å². The molecule has 4 rings (SSSR count). The van der Waals surface area contributed by atoms with Gasteiger partial charge in [-0.3, -0.25) is 29.6 Å². The van der Waals surface area contributed by atoms with Gasteiger partial charge in [-0.2, -0.15) is 0 Å². The first-order chi connectivity index (χ1) is 16.7. The number of aryl methyl sites for hydroxylation is 1. The molecule has 0 spiro atoms. The van der Waals surface area contributed by atoms with Crippen LogP contribution in [0.1, 0.15) is 21.7 Å². The monoisotopic (exact) mass is 475 g/mol. The number of amides is 1. The van der Waals surface area contributed by atoms with Crippen molar-refractivity contribution in [2.45, 2.75) is 13.8 Å². The molecule has 176 valence electrons. The standard InChI is InChI=1S/C22H17N7O6/c1-13-14(2)27(12-23-13)20-7-8-21(26-25-20)35-19-5-3-16(4-6-19)24-22(30)15-9-17(28(31)32)11-18(10-15)29(33)34/h3-12H,1-2H3,(H,24,30). The van der Waals surface area contributed by atoms with Gasteiger partial charge in [0.05, 0.1) is 27.2 Å². The van der Waals surface area contributed by atoms with Crippen LogP contribution in [0.25, 0.3) is 5.82 Å². The van der Waals surface area contributed by atoms with Gasteiger partial charge < -0.3 is 10.1 Å². The molecule has 0 atom stereocenters. The van der Waals surface area contributed by atoms with E-state index in [1.54, 1.807) is 47.3 Å². The number of carbonyl (C=O) groups is 1. The Morgan fingerprint density at radius 3 is 2.11 bits per heavy atom. The molecular formula is C22H17N7O6. The fraction of sp³-hybridized carbons (Fsp3) is 0.0909. The van der Waals surface area contributed by atoms with E-state index in [0.717, 1.165) is 29.6 Å². The van der Waals surface area contributed by atoms with Gasteiger partial charge in [0.25, 0.3) is 17.3 Å². The summed E-state index contributed by atoms with van der Waals surface area (Å²) in [6.07, 6.45) is 1.66. The molecule has 1 amide bonds. The van der Waals surface area contributed by atoms with Crippen molar-refractivity contribution in [3.8, 4) is 17.4 Å². The summed E-state index contributed by atoms with van der Waals surface area (Å²) < 4.78 is 7.48. The minimum Gasteiger partial charge on any atom is -0.438 e. The fourth-order valence-electron chi connectivity index (χ4n) is 3.09. The number of carbonyl (C=O) groups excluding carboxylic acids is 1. The molecule has 0 radical (unpaired) electrons. The first kappa shape index (κ1) is 23.0. The van der Waals surface area contributed by atoms with Gasteiger partial charge >= 0.3 is 0 Å². The summed E-state index contributed by atoms with van der Waals surface area (Å²) >= 11 is 0. The SMILES string of the molecule is Cc1ncn(-c2ccc(Oc3ccc(NC(=O)c4cc([N+](=O)[O-])cc([N+](=O)[O-])c4)cc3)nn2)c1C. The molecule has 0 saturated carbocycles. The number of nitrogens with zero attached hydrogens (tertiary/aromatic N) is 6. The van der Waals surface area contributed by atoms with E-state index in [9.17, 15) is 25.0 Å². The predicted octanol–water partition coefficient (Wildman–Crippen LogP) is 4.14. The minimum absolute atomic E-state index is 0.218. The van der Waals surface area contributed by atoms with Crippen LogP contribution in [0.5, 0.6) is 11.6 Å². The first-order valence-corrected chi connectivity index (χ1v) is 10.1. The summed E-state index contributed by atoms with van der Waals surface area (Å²) in [7, 11) is 0. The number of nitro benzene ring substituents is 2. The molecule has 13 nitrogen and oxygen atoms in total. The second kappa shape index (κ2) is 9.35. The van der Waals surface area contributed by atoms with Gasteiger partial charge in [0.15, 0.2) is 5.82 Å². The number of hydrogen-bond donors (Lipinski definition) is 1. The number of non-ortho nitro benzene ring substituents is 2. The maximum absolute atomic E-state index is 12.5. The van der Waals surface area contributed by atoms with Crippen molar-refractivity contribution < 1.29 is 19.4 Å². The Morgan fingerprint density at radius 2 is 1.60 bits per heavy atom. The topological polar surface area (TPSA) is 168 Å². The van der Waals surface area contributed by atoms with Crippen LogP contribution in [-0.4, -0.2) is 35.5 Å². The Balaban J connectivity index is 1.44. The first-order valence-electron chi connectivity index (χ1n) is 10.1. The van der Waals surface area contributed by atoms with Crippen molar-refractivity contribution >= 4 is 23.0 Å². The minimum atomic E-state index is -0.803. The normalized spacial score (nSPS) is 10.6. The average molecular weight is 475 g/mol. The Hall–Kier alpha value is -5.20. The molecule has 13 heteroatoms. The number of benzene rings is 2. The van der Waals surface area contributed by atoms with Gasteiger partial charge in [0, 0.05) is 29.6 Å². The van der Waals surface area contributed by atoms with E-state index in [0.29, 0.717) is 17.3 Å². The van der Waals surface area contributed by atoms with Crippen LogP contribution in [0.15, 0.2) is 60.9 Å². The van der Waals surface area contributed by atoms with E-state index in [4.69, 9.17) is 4.74 Å². The summed E-state index contributed by atoms with van der Waals surface area (Å²) in [5.74, 6) is 0.529. The third-order valence-corrected chi connectivity index (χ3v) is 5.05. The molecule has 0 fully saturated rings. The predicted molar refractivity (Wildman–Crippen MR) is 123 cm³/mol. The van der Waals surface area contributed by atoms with E-state index in [1.165, 1.54) is 0 Å². The van der Waals surface area contributed by atoms with Gasteiger partial charge in [-0.15, -0.1) is 10.2 Å². The van der Waals surface area contributed by atoms with Crippen LogP contribution < -0.4 is 10.1 Å². The quantitative estimate of drug-likeness (QED) is 0.305. The molecule has 4 aromatic rings. The second-order valence-corrected chi connectivity index (χ2v) is 7.35. The number of anilines is 1. The molecule has 0 unspecified atom stereocenters. The van der Waals surface area contributed by atoms with E-state index >= 15 is 0 Å². The highest BCUT2D eigenvalue weighted by Crippen LogP contribution is 2.25. The third kappa shape index (κ3) is 5.08. The maximum Gasteiger partial charge on any atom is 0.277 e. The van der Waals surface area contributed by atoms with Crippen molar-refractivity contribution in [2.24, 2.45) is 0 Å². The van der Waals surface area contributed by atoms with E-state index in [1.807, 2.05) is 13.8 Å². The van der Waals surface area contributed by atoms with Crippen molar-refractivity contribution in [3.63, 3.8) is 0 Å². The van der Waals surface area contributed by atoms with Crippen LogP contribution in [0.2, 0.25) is 0 Å². The van der Waals surface area contributed by atoms with Crippen LogP contribution in [0.4, 0.5) is 17.1 Å². The number of ether oxygens (including phenoxy) is 1. The van der Waals surface area contributed by atoms with Crippen molar-refractivity contribution in [2.75, 3.05) is 5.32 Å². The Kier molecular flexibility index (Phi) is 6.14. The number of aromatic nitrogens is 4. The van der Waals surface area contributed by atoms with E-state index in [2.05, 4.69) is 20.5 Å². The Bertz CT molecular complexity index is 1400. The van der Waals surface area contributed by atoms with Gasteiger partial charge in [-0.25, -0.2) is 4.98 Å². The van der Waals surface area contributed by atoms with Gasteiger partial charge in [0.1, 0.15) is 12.1 Å². The molecule has 1 N–H and O–H groups in total. The number of nitrogens with one attached hydrogen (secondary N) is 1. The lowest BCUT2D eigenvalue weighted by molar-refractivity contribution is -0.394. The highest BCUT2D eigenvalue weighted by molar-refractivity contribution is 6.05. The number of nitro groups is 2. The highest BCUT2D eigenvalue weighted by Gasteiger charge is 2.20. The third-order valence-electron chi connectivity index (χ3n) is 5.05. The summed E-state index contributed by atoms with van der Waals surface area (Å²) in [5, 5.41) is 32.8. The molecule has 2 aromatic heterocycles. The molecule has 0 aliphatic rings. The lowest BCUT2D eigenvalue weighted by Gasteiger charge is -2.08. The van der Waals surface area contributed by atoms with Gasteiger partial charge in [-0.05, 0) is 44.2 Å². The number of imidazole rings is 1. The number of hydrogen-bond acceptors (Lipinski definition) is 9. The van der Waals surface area contributed by atoms with Crippen LogP contribution >= 0.6 is 0 Å². The zero-order valence-corrected chi connectivity index (χ0v) is 18.4. The van der Waals surface area contributed by atoms with Crippen molar-refractivity contribution in [3.05, 3.63) is 98.1 Å². The molecular weight excluding hydrogens is 458 g/mol. The summed E-state index contributed by atoms with van der Waals surface area (Å²) in [6, 6.07) is 12.3. The van der Waals surface area contributed by atoms with E-state index in [-0.39, 0.29) is 11.4 Å². The molecule has 2 aromatic carbocycles. The fourth-order valence-corrected chi connectivity index (χ4v) is 3.09. The molecule has 0 aliphatic heterocycles. The van der Waals surface area contributed by atoms with Crippen LogP contribution in [-0.2, 0) is 0 Å². The van der Waals surface area contributed by atoms with Crippen molar-refractivity contribution in [1.82, 2.24) is 19.7 Å². The highest BCUT2D eigenvalue weighted by atomic mass is 16.6. The maximum atomic E-state index is 12.5. The summed E-state index contributed by atoms with van der Waals surface area (Å²) in [5.41, 5.74) is 0.860. The van der Waals surface area contributed by atoms with Crippen LogP contribution in [0.3, 0.4) is 0 Å². The molecule has 0 aliphatic carbocycles. The van der Waals surface area contributed by atoms with E-state index < -0.39 is 27.1 Å². The second-order valence-electron chi connectivity index (χ2n) is 7.35. The summed E-state index contributed by atoms with van der Waals surface area (Å²) in [6.45, 7) is 3.82. The Labute approximate surface area is 197 Å². The molecule has 0 saturated heterocycles. The lowest BCUT2D eigenvalue weighted by Crippen LogP contribution is -2.12.